The molecule has 1 N–H and O–H groups in total. The van der Waals surface area contributed by atoms with E-state index in [9.17, 15) is 4.79 Å². The number of anilines is 1. The third kappa shape index (κ3) is 4.59. The molecule has 0 unspecified atom stereocenters. The van der Waals surface area contributed by atoms with Crippen molar-refractivity contribution in [3.8, 4) is 0 Å². The highest BCUT2D eigenvalue weighted by atomic mass is 16.6. The number of fused-ring (bicyclic) bond motifs is 2. The van der Waals surface area contributed by atoms with Crippen LogP contribution in [0.15, 0.2) is 43.0 Å². The summed E-state index contributed by atoms with van der Waals surface area (Å²) in [6.07, 6.45) is 8.81. The Morgan fingerprint density at radius 3 is 2.75 bits per heavy atom. The number of rotatable bonds is 6. The van der Waals surface area contributed by atoms with Crippen LogP contribution in [-0.2, 0) is 37.1 Å². The Morgan fingerprint density at radius 1 is 1.19 bits per heavy atom. The van der Waals surface area contributed by atoms with Crippen LogP contribution in [0.1, 0.15) is 34.5 Å². The molecule has 1 amide bonds. The van der Waals surface area contributed by atoms with Crippen molar-refractivity contribution in [1.29, 1.82) is 0 Å². The molecular weight excluding hydrogens is 404 g/mol. The predicted molar refractivity (Wildman–Crippen MR) is 120 cm³/mol. The fraction of sp³-hybridized carbons (Fsp3) is 0.417. The van der Waals surface area contributed by atoms with E-state index in [2.05, 4.69) is 39.6 Å². The average Bonchev–Trinajstić information content (AvgIpc) is 3.41. The van der Waals surface area contributed by atoms with Crippen LogP contribution in [0.25, 0.3) is 0 Å². The van der Waals surface area contributed by atoms with Crippen molar-refractivity contribution in [3.63, 3.8) is 0 Å². The van der Waals surface area contributed by atoms with Crippen molar-refractivity contribution in [2.24, 2.45) is 0 Å². The first-order valence-corrected chi connectivity index (χ1v) is 11.2. The van der Waals surface area contributed by atoms with Crippen LogP contribution >= 0.6 is 0 Å². The maximum atomic E-state index is 12.5. The molecule has 32 heavy (non-hydrogen) atoms. The SMILES string of the molecule is Cc1cn(CCCOC(=O)N2CCc3nc(NC4Cc5ccccc5C4)ncc3C2)cn1. The van der Waals surface area contributed by atoms with Crippen LogP contribution < -0.4 is 5.32 Å². The normalized spacial score (nSPS) is 15.3. The molecule has 2 aromatic heterocycles. The number of carbonyl (C=O) groups excluding carboxylic acids is 1. The predicted octanol–water partition coefficient (Wildman–Crippen LogP) is 3.15. The molecule has 0 spiro atoms. The molecule has 1 aliphatic heterocycles. The Balaban J connectivity index is 1.11. The second kappa shape index (κ2) is 8.98. The van der Waals surface area contributed by atoms with Crippen molar-refractivity contribution in [1.82, 2.24) is 24.4 Å². The maximum absolute atomic E-state index is 12.5. The number of imidazole rings is 1. The van der Waals surface area contributed by atoms with Gasteiger partial charge in [0.05, 0.1) is 30.9 Å². The van der Waals surface area contributed by atoms with Gasteiger partial charge in [-0.05, 0) is 37.3 Å². The zero-order valence-electron chi connectivity index (χ0n) is 18.3. The Kier molecular flexibility index (Phi) is 5.75. The van der Waals surface area contributed by atoms with Crippen LogP contribution in [0.2, 0.25) is 0 Å². The van der Waals surface area contributed by atoms with Gasteiger partial charge in [-0.3, -0.25) is 0 Å². The molecule has 0 saturated carbocycles. The lowest BCUT2D eigenvalue weighted by Crippen LogP contribution is -2.37. The highest BCUT2D eigenvalue weighted by Crippen LogP contribution is 2.24. The quantitative estimate of drug-likeness (QED) is 0.603. The van der Waals surface area contributed by atoms with Gasteiger partial charge < -0.3 is 19.5 Å². The van der Waals surface area contributed by atoms with E-state index in [1.54, 1.807) is 11.2 Å². The molecule has 0 bridgehead atoms. The molecule has 8 nitrogen and oxygen atoms in total. The first kappa shape index (κ1) is 20.5. The van der Waals surface area contributed by atoms with Crippen LogP contribution in [0.3, 0.4) is 0 Å². The minimum absolute atomic E-state index is 0.275. The Morgan fingerprint density at radius 2 is 2.00 bits per heavy atom. The number of hydrogen-bond acceptors (Lipinski definition) is 6. The molecule has 3 aromatic rings. The number of carbonyl (C=O) groups is 1. The van der Waals surface area contributed by atoms with E-state index in [0.29, 0.717) is 38.1 Å². The van der Waals surface area contributed by atoms with Gasteiger partial charge in [0.25, 0.3) is 0 Å². The number of nitrogens with one attached hydrogen (secondary N) is 1. The Hall–Kier alpha value is -3.42. The fourth-order valence-electron chi connectivity index (χ4n) is 4.48. The summed E-state index contributed by atoms with van der Waals surface area (Å²) in [7, 11) is 0. The molecule has 1 aliphatic carbocycles. The van der Waals surface area contributed by atoms with E-state index in [1.807, 2.05) is 23.9 Å². The summed E-state index contributed by atoms with van der Waals surface area (Å²) >= 11 is 0. The molecule has 0 saturated heterocycles. The second-order valence-electron chi connectivity index (χ2n) is 8.58. The van der Waals surface area contributed by atoms with Crippen molar-refractivity contribution in [2.45, 2.75) is 51.7 Å². The Labute approximate surface area is 187 Å². The number of aromatic nitrogens is 4. The minimum Gasteiger partial charge on any atom is -0.449 e. The van der Waals surface area contributed by atoms with Crippen molar-refractivity contribution in [3.05, 3.63) is 71.1 Å². The summed E-state index contributed by atoms with van der Waals surface area (Å²) in [5.41, 5.74) is 5.79. The number of aryl methyl sites for hydroxylation is 2. The van der Waals surface area contributed by atoms with E-state index in [-0.39, 0.29) is 6.09 Å². The molecular formula is C24H28N6O2. The first-order chi connectivity index (χ1) is 15.6. The molecule has 0 atom stereocenters. The first-order valence-electron chi connectivity index (χ1n) is 11.2. The van der Waals surface area contributed by atoms with E-state index >= 15 is 0 Å². The average molecular weight is 433 g/mol. The molecule has 0 fully saturated rings. The van der Waals surface area contributed by atoms with Crippen LogP contribution in [0.5, 0.6) is 0 Å². The lowest BCUT2D eigenvalue weighted by Gasteiger charge is -2.27. The van der Waals surface area contributed by atoms with E-state index in [4.69, 9.17) is 9.72 Å². The van der Waals surface area contributed by atoms with Crippen LogP contribution in [-0.4, -0.2) is 49.7 Å². The van der Waals surface area contributed by atoms with E-state index < -0.39 is 0 Å². The molecule has 8 heteroatoms. The molecule has 5 rings (SSSR count). The van der Waals surface area contributed by atoms with Crippen molar-refractivity contribution < 1.29 is 9.53 Å². The summed E-state index contributed by atoms with van der Waals surface area (Å²) in [6, 6.07) is 8.89. The molecule has 2 aliphatic rings. The largest absolute Gasteiger partial charge is 0.449 e. The lowest BCUT2D eigenvalue weighted by molar-refractivity contribution is 0.0954. The van der Waals surface area contributed by atoms with Gasteiger partial charge in [-0.1, -0.05) is 24.3 Å². The fourth-order valence-corrected chi connectivity index (χ4v) is 4.48. The Bertz CT molecular complexity index is 1090. The van der Waals surface area contributed by atoms with Crippen molar-refractivity contribution >= 4 is 12.0 Å². The molecule has 3 heterocycles. The maximum Gasteiger partial charge on any atom is 0.410 e. The monoisotopic (exact) mass is 432 g/mol. The number of nitrogens with zero attached hydrogens (tertiary/aromatic N) is 5. The summed E-state index contributed by atoms with van der Waals surface area (Å²) < 4.78 is 7.48. The van der Waals surface area contributed by atoms with Gasteiger partial charge in [-0.15, -0.1) is 0 Å². The third-order valence-electron chi connectivity index (χ3n) is 6.12. The van der Waals surface area contributed by atoms with Gasteiger partial charge in [-0.2, -0.15) is 0 Å². The summed E-state index contributed by atoms with van der Waals surface area (Å²) in [4.78, 5) is 27.6. The summed E-state index contributed by atoms with van der Waals surface area (Å²) in [5.74, 6) is 0.673. The van der Waals surface area contributed by atoms with Crippen LogP contribution in [0.4, 0.5) is 10.7 Å². The zero-order chi connectivity index (χ0) is 21.9. The van der Waals surface area contributed by atoms with Gasteiger partial charge >= 0.3 is 6.09 Å². The second-order valence-corrected chi connectivity index (χ2v) is 8.58. The molecule has 0 radical (unpaired) electrons. The summed E-state index contributed by atoms with van der Waals surface area (Å²) in [6.45, 7) is 4.23. The zero-order valence-corrected chi connectivity index (χ0v) is 18.3. The van der Waals surface area contributed by atoms with Crippen LogP contribution in [0, 0.1) is 6.92 Å². The number of amides is 1. The van der Waals surface area contributed by atoms with Gasteiger partial charge in [0, 0.05) is 43.5 Å². The number of benzene rings is 1. The van der Waals surface area contributed by atoms with Gasteiger partial charge in [0.2, 0.25) is 5.95 Å². The van der Waals surface area contributed by atoms with E-state index in [0.717, 1.165) is 42.8 Å². The van der Waals surface area contributed by atoms with Gasteiger partial charge in [0.1, 0.15) is 0 Å². The summed E-state index contributed by atoms with van der Waals surface area (Å²) in [5, 5.41) is 3.49. The number of hydrogen-bond donors (Lipinski definition) is 1. The van der Waals surface area contributed by atoms with Gasteiger partial charge in [-0.25, -0.2) is 19.7 Å². The smallest absolute Gasteiger partial charge is 0.410 e. The minimum atomic E-state index is -0.275. The standard InChI is InChI=1S/C24H28N6O2/c1-17-14-29(16-26-17)8-4-10-32-24(31)30-9-7-22-20(15-30)13-25-23(28-22)27-21-11-18-5-2-3-6-19(18)12-21/h2-3,5-6,13-14,16,21H,4,7-12,15H2,1H3,(H,25,27,28). The molecule has 1 aromatic carbocycles. The highest BCUT2D eigenvalue weighted by Gasteiger charge is 2.25. The molecule has 166 valence electrons. The highest BCUT2D eigenvalue weighted by molar-refractivity contribution is 5.68. The van der Waals surface area contributed by atoms with Crippen molar-refractivity contribution in [2.75, 3.05) is 18.5 Å². The number of ether oxygens (including phenoxy) is 1. The third-order valence-corrected chi connectivity index (χ3v) is 6.12. The lowest BCUT2D eigenvalue weighted by atomic mass is 10.1. The van der Waals surface area contributed by atoms with E-state index in [1.165, 1.54) is 11.1 Å². The topological polar surface area (TPSA) is 85.2 Å². The van der Waals surface area contributed by atoms with Gasteiger partial charge in [0.15, 0.2) is 0 Å².